The molecule has 4 nitrogen and oxygen atoms in total. The molecule has 0 fully saturated rings. The molecule has 102 valence electrons. The molecule has 0 atom stereocenters. The minimum Gasteiger partial charge on any atom is -0.266 e. The molecule has 0 spiro atoms. The molecule has 1 aliphatic rings. The second kappa shape index (κ2) is 5.54. The fourth-order valence-electron chi connectivity index (χ4n) is 2.29. The van der Waals surface area contributed by atoms with Crippen LogP contribution < -0.4 is 5.43 Å². The van der Waals surface area contributed by atoms with Crippen LogP contribution in [0.4, 0.5) is 0 Å². The fourth-order valence-corrected chi connectivity index (χ4v) is 3.43. The topological polar surface area (TPSA) is 54.4 Å². The molecule has 1 N–H and O–H groups in total. The number of hydrogen-bond acceptors (Lipinski definition) is 4. The summed E-state index contributed by atoms with van der Waals surface area (Å²) in [6, 6.07) is 5.73. The number of thiophene rings is 1. The highest BCUT2D eigenvalue weighted by molar-refractivity contribution is 7.14. The number of hydrazone groups is 1. The maximum Gasteiger partial charge on any atom is 0.281 e. The molecule has 0 bridgehead atoms. The van der Waals surface area contributed by atoms with Gasteiger partial charge in [-0.25, -0.2) is 5.43 Å². The summed E-state index contributed by atoms with van der Waals surface area (Å²) < 4.78 is 0. The minimum atomic E-state index is -0.127. The van der Waals surface area contributed by atoms with E-state index in [1.54, 1.807) is 23.7 Å². The Bertz CT molecular complexity index is 640. The zero-order valence-electron chi connectivity index (χ0n) is 11.2. The predicted molar refractivity (Wildman–Crippen MR) is 80.3 cm³/mol. The van der Waals surface area contributed by atoms with Crippen LogP contribution >= 0.6 is 11.3 Å². The summed E-state index contributed by atoms with van der Waals surface area (Å²) in [5, 5.41) is 4.15. The molecule has 0 saturated heterocycles. The molecule has 0 unspecified atom stereocenters. The number of fused-ring (bicyclic) bond motifs is 1. The van der Waals surface area contributed by atoms with Crippen LogP contribution in [0.25, 0.3) is 0 Å². The number of carbonyl (C=O) groups excluding carboxylic acids is 1. The van der Waals surface area contributed by atoms with Crippen molar-refractivity contribution >= 4 is 23.0 Å². The van der Waals surface area contributed by atoms with Crippen LogP contribution in [0.5, 0.6) is 0 Å². The van der Waals surface area contributed by atoms with Gasteiger partial charge in [0, 0.05) is 22.8 Å². The van der Waals surface area contributed by atoms with E-state index in [9.17, 15) is 4.79 Å². The quantitative estimate of drug-likeness (QED) is 0.696. The van der Waals surface area contributed by atoms with Gasteiger partial charge in [0.05, 0.1) is 10.6 Å². The third-order valence-electron chi connectivity index (χ3n) is 3.39. The standard InChI is InChI=1S/C15H15N3OS/c1-10(11-5-7-16-8-6-11)17-18-15(19)14-9-12-3-2-4-13(12)20-14/h5-9H,2-4H2,1H3,(H,18,19)/b17-10-. The zero-order valence-corrected chi connectivity index (χ0v) is 12.0. The van der Waals surface area contributed by atoms with E-state index in [4.69, 9.17) is 0 Å². The number of aromatic nitrogens is 1. The van der Waals surface area contributed by atoms with Crippen molar-refractivity contribution in [2.45, 2.75) is 26.2 Å². The van der Waals surface area contributed by atoms with Crippen LogP contribution in [0.2, 0.25) is 0 Å². The van der Waals surface area contributed by atoms with Crippen molar-refractivity contribution in [3.8, 4) is 0 Å². The van der Waals surface area contributed by atoms with Crippen LogP contribution in [-0.4, -0.2) is 16.6 Å². The van der Waals surface area contributed by atoms with E-state index in [1.165, 1.54) is 16.9 Å². The first-order valence-corrected chi connectivity index (χ1v) is 7.42. The van der Waals surface area contributed by atoms with Crippen LogP contribution in [-0.2, 0) is 12.8 Å². The molecule has 1 aliphatic carbocycles. The van der Waals surface area contributed by atoms with Gasteiger partial charge in [-0.3, -0.25) is 9.78 Å². The summed E-state index contributed by atoms with van der Waals surface area (Å²) in [7, 11) is 0. The summed E-state index contributed by atoms with van der Waals surface area (Å²) in [6.45, 7) is 1.87. The lowest BCUT2D eigenvalue weighted by Gasteiger charge is -2.01. The summed E-state index contributed by atoms with van der Waals surface area (Å²) >= 11 is 1.59. The zero-order chi connectivity index (χ0) is 13.9. The first-order chi connectivity index (χ1) is 9.74. The predicted octanol–water partition coefficient (Wildman–Crippen LogP) is 2.79. The van der Waals surface area contributed by atoms with Crippen molar-refractivity contribution in [2.75, 3.05) is 0 Å². The monoisotopic (exact) mass is 285 g/mol. The molecule has 0 aromatic carbocycles. The van der Waals surface area contributed by atoms with Gasteiger partial charge in [0.2, 0.25) is 0 Å². The second-order valence-electron chi connectivity index (χ2n) is 4.79. The van der Waals surface area contributed by atoms with E-state index in [0.717, 1.165) is 29.0 Å². The maximum atomic E-state index is 12.1. The van der Waals surface area contributed by atoms with Gasteiger partial charge in [0.15, 0.2) is 0 Å². The Balaban J connectivity index is 1.70. The smallest absolute Gasteiger partial charge is 0.266 e. The second-order valence-corrected chi connectivity index (χ2v) is 5.92. The van der Waals surface area contributed by atoms with Crippen LogP contribution in [0.1, 0.15) is 39.0 Å². The first-order valence-electron chi connectivity index (χ1n) is 6.60. The van der Waals surface area contributed by atoms with Gasteiger partial charge in [-0.2, -0.15) is 5.10 Å². The van der Waals surface area contributed by atoms with Gasteiger partial charge in [-0.1, -0.05) is 0 Å². The minimum absolute atomic E-state index is 0.127. The fraction of sp³-hybridized carbons (Fsp3) is 0.267. The lowest BCUT2D eigenvalue weighted by atomic mass is 10.2. The van der Waals surface area contributed by atoms with Crippen molar-refractivity contribution in [3.63, 3.8) is 0 Å². The number of amides is 1. The Labute approximate surface area is 121 Å². The van der Waals surface area contributed by atoms with E-state index in [-0.39, 0.29) is 5.91 Å². The third kappa shape index (κ3) is 2.63. The first kappa shape index (κ1) is 13.0. The number of aryl methyl sites for hydroxylation is 2. The van der Waals surface area contributed by atoms with E-state index < -0.39 is 0 Å². The van der Waals surface area contributed by atoms with Crippen LogP contribution in [0.3, 0.4) is 0 Å². The van der Waals surface area contributed by atoms with E-state index >= 15 is 0 Å². The van der Waals surface area contributed by atoms with Crippen molar-refractivity contribution in [1.29, 1.82) is 0 Å². The Kier molecular flexibility index (Phi) is 3.60. The highest BCUT2D eigenvalue weighted by Gasteiger charge is 2.18. The van der Waals surface area contributed by atoms with Crippen LogP contribution in [0.15, 0.2) is 35.7 Å². The molecule has 0 saturated carbocycles. The van der Waals surface area contributed by atoms with Gasteiger partial charge < -0.3 is 0 Å². The summed E-state index contributed by atoms with van der Waals surface area (Å²) in [6.07, 6.45) is 6.83. The molecule has 0 radical (unpaired) electrons. The number of carbonyl (C=O) groups is 1. The van der Waals surface area contributed by atoms with E-state index in [2.05, 4.69) is 15.5 Å². The number of rotatable bonds is 3. The average molecular weight is 285 g/mol. The van der Waals surface area contributed by atoms with Gasteiger partial charge in [0.25, 0.3) is 5.91 Å². The molecule has 3 rings (SSSR count). The Morgan fingerprint density at radius 3 is 2.90 bits per heavy atom. The molecular formula is C15H15N3OS. The Morgan fingerprint density at radius 2 is 2.15 bits per heavy atom. The van der Waals surface area contributed by atoms with Gasteiger partial charge >= 0.3 is 0 Å². The molecule has 2 heterocycles. The highest BCUT2D eigenvalue weighted by atomic mass is 32.1. The maximum absolute atomic E-state index is 12.1. The summed E-state index contributed by atoms with van der Waals surface area (Å²) in [4.78, 5) is 18.1. The van der Waals surface area contributed by atoms with Gasteiger partial charge in [-0.15, -0.1) is 11.3 Å². The summed E-state index contributed by atoms with van der Waals surface area (Å²) in [5.74, 6) is -0.127. The molecule has 1 amide bonds. The molecular weight excluding hydrogens is 270 g/mol. The van der Waals surface area contributed by atoms with Crippen molar-refractivity contribution in [3.05, 3.63) is 51.5 Å². The number of hydrogen-bond donors (Lipinski definition) is 1. The normalized spacial score (nSPS) is 14.2. The highest BCUT2D eigenvalue weighted by Crippen LogP contribution is 2.30. The van der Waals surface area contributed by atoms with Gasteiger partial charge in [-0.05, 0) is 49.9 Å². The average Bonchev–Trinajstić information content (AvgIpc) is 3.06. The molecule has 2 aromatic rings. The Morgan fingerprint density at radius 1 is 1.35 bits per heavy atom. The number of nitrogens with one attached hydrogen (secondary N) is 1. The van der Waals surface area contributed by atoms with Crippen molar-refractivity contribution in [1.82, 2.24) is 10.4 Å². The number of nitrogens with zero attached hydrogens (tertiary/aromatic N) is 2. The lowest BCUT2D eigenvalue weighted by Crippen LogP contribution is -2.18. The van der Waals surface area contributed by atoms with Gasteiger partial charge in [0.1, 0.15) is 0 Å². The van der Waals surface area contributed by atoms with Crippen LogP contribution in [0, 0.1) is 0 Å². The summed E-state index contributed by atoms with van der Waals surface area (Å²) in [5.41, 5.74) is 5.67. The lowest BCUT2D eigenvalue weighted by molar-refractivity contribution is 0.0959. The molecule has 2 aromatic heterocycles. The molecule has 5 heteroatoms. The largest absolute Gasteiger partial charge is 0.281 e. The Hall–Kier alpha value is -2.01. The SMILES string of the molecule is C/C(=N/NC(=O)c1cc2c(s1)CCC2)c1ccncc1. The van der Waals surface area contributed by atoms with Crippen molar-refractivity contribution in [2.24, 2.45) is 5.10 Å². The van der Waals surface area contributed by atoms with Crippen molar-refractivity contribution < 1.29 is 4.79 Å². The third-order valence-corrected chi connectivity index (χ3v) is 4.63. The molecule has 20 heavy (non-hydrogen) atoms. The van der Waals surface area contributed by atoms with E-state index in [1.807, 2.05) is 25.1 Å². The number of pyridine rings is 1. The van der Waals surface area contributed by atoms with E-state index in [0.29, 0.717) is 0 Å². The molecule has 0 aliphatic heterocycles.